The van der Waals surface area contributed by atoms with E-state index in [0.717, 1.165) is 42.3 Å². The number of phosphoric acid groups is 1. The van der Waals surface area contributed by atoms with Crippen molar-refractivity contribution < 1.29 is 47.3 Å². The number of β-lactam (4-membered cyclic amide) rings is 1. The molecule has 3 aliphatic rings. The zero-order chi connectivity index (χ0) is 37.6. The highest BCUT2D eigenvalue weighted by Gasteiger charge is 2.62. The summed E-state index contributed by atoms with van der Waals surface area (Å²) >= 11 is 4.35. The molecule has 3 N–H and O–H groups in total. The van der Waals surface area contributed by atoms with E-state index in [9.17, 15) is 34.2 Å². The number of non-ortho nitro benzene ring substituents is 1. The van der Waals surface area contributed by atoms with Crippen molar-refractivity contribution in [3.8, 4) is 11.5 Å². The Hall–Kier alpha value is -4.44. The zero-order valence-corrected chi connectivity index (χ0v) is 31.5. The fourth-order valence-corrected chi connectivity index (χ4v) is 7.87. The SMILES string of the molecule is CNC[C@@H]1C[C@H](S)CN1.C[C@H]1C(OP(=O)(Oc2ccccc2)Oc2ccccc2)=C(C(=O)OC(=O)c2ccc([N+](=O)[O-])cc2)N2C(=O)[C@H]([C@@H](C)O)C12.Cl. The van der Waals surface area contributed by atoms with Gasteiger partial charge >= 0.3 is 19.8 Å². The summed E-state index contributed by atoms with van der Waals surface area (Å²) in [6.45, 7) is 5.14. The fourth-order valence-electron chi connectivity index (χ4n) is 6.14. The lowest BCUT2D eigenvalue weighted by Crippen LogP contribution is -2.63. The lowest BCUT2D eigenvalue weighted by molar-refractivity contribution is -0.384. The summed E-state index contributed by atoms with van der Waals surface area (Å²) in [5, 5.41) is 28.3. The van der Waals surface area contributed by atoms with E-state index in [2.05, 4.69) is 23.3 Å². The number of carbonyl (C=O) groups excluding carboxylic acids is 3. The van der Waals surface area contributed by atoms with Gasteiger partial charge in [0.2, 0.25) is 5.91 Å². The van der Waals surface area contributed by atoms with E-state index in [-0.39, 0.29) is 40.9 Å². The van der Waals surface area contributed by atoms with Gasteiger partial charge in [0.15, 0.2) is 5.70 Å². The number of esters is 2. The molecule has 3 aliphatic heterocycles. The number of thiol groups is 1. The first-order valence-electron chi connectivity index (χ1n) is 16.4. The van der Waals surface area contributed by atoms with Crippen LogP contribution in [0.5, 0.6) is 11.5 Å². The molecule has 6 atom stereocenters. The van der Waals surface area contributed by atoms with Gasteiger partial charge in [-0.2, -0.15) is 17.2 Å². The molecule has 18 heteroatoms. The molecule has 284 valence electrons. The number of likely N-dealkylation sites (N-methyl/N-ethyl adjacent to an activating group) is 1. The lowest BCUT2D eigenvalue weighted by atomic mass is 9.79. The van der Waals surface area contributed by atoms with Crippen LogP contribution in [0.15, 0.2) is 96.4 Å². The van der Waals surface area contributed by atoms with Gasteiger partial charge < -0.3 is 34.0 Å². The molecule has 0 saturated carbocycles. The number of fused-ring (bicyclic) bond motifs is 1. The number of para-hydroxylation sites is 2. The first-order valence-corrected chi connectivity index (χ1v) is 18.4. The quantitative estimate of drug-likeness (QED) is 0.0368. The van der Waals surface area contributed by atoms with Gasteiger partial charge in [-0.1, -0.05) is 43.3 Å². The van der Waals surface area contributed by atoms with Crippen molar-refractivity contribution in [2.24, 2.45) is 11.8 Å². The minimum absolute atomic E-state index is 0. The Morgan fingerprint density at radius 1 is 1.02 bits per heavy atom. The van der Waals surface area contributed by atoms with Crippen LogP contribution in [0.25, 0.3) is 0 Å². The van der Waals surface area contributed by atoms with E-state index in [1.165, 1.54) is 37.6 Å². The number of hydrogen-bond acceptors (Lipinski definition) is 14. The first-order chi connectivity index (χ1) is 24.8. The molecule has 53 heavy (non-hydrogen) atoms. The number of phosphoric ester groups is 1. The number of hydrogen-bond donors (Lipinski definition) is 4. The number of aliphatic hydroxyl groups excluding tert-OH is 1. The summed E-state index contributed by atoms with van der Waals surface area (Å²) in [5.41, 5.74) is -0.966. The molecular weight excluding hydrogens is 751 g/mol. The minimum Gasteiger partial charge on any atom is -0.393 e. The molecule has 6 rings (SSSR count). The maximum atomic E-state index is 14.2. The summed E-state index contributed by atoms with van der Waals surface area (Å²) in [5.74, 6) is -4.92. The number of ether oxygens (including phenoxy) is 1. The Balaban J connectivity index is 0.000000549. The highest BCUT2D eigenvalue weighted by atomic mass is 35.5. The van der Waals surface area contributed by atoms with Gasteiger partial charge in [0.1, 0.15) is 17.3 Å². The summed E-state index contributed by atoms with van der Waals surface area (Å²) in [6.07, 6.45) is 0.103. The summed E-state index contributed by atoms with van der Waals surface area (Å²) in [6, 6.07) is 20.2. The number of nitrogens with zero attached hydrogens (tertiary/aromatic N) is 2. The van der Waals surface area contributed by atoms with Crippen molar-refractivity contribution in [1.82, 2.24) is 15.5 Å². The number of carbonyl (C=O) groups is 3. The van der Waals surface area contributed by atoms with Crippen molar-refractivity contribution in [3.63, 3.8) is 0 Å². The number of benzene rings is 3. The molecule has 0 spiro atoms. The standard InChI is InChI=1S/C29H25N2O11P.C6H14N2S.ClH/c1-17-24-23(18(2)32)27(33)30(24)25(29(35)39-28(34)19-13-15-20(16-14-19)31(36)37)26(17)42-43(38,40-21-9-5-3-6-10-21)41-22-11-7-4-8-12-22;1-7-3-5-2-6(9)4-8-5;/h3-18,23-24,32H,1-2H3;5-9H,2-4H2,1H3;1H/t17-,18-,23-,24?;5-,6-;/m10./s1. The Morgan fingerprint density at radius 3 is 2.06 bits per heavy atom. The summed E-state index contributed by atoms with van der Waals surface area (Å²) in [7, 11) is -2.66. The average Bonchev–Trinajstić information content (AvgIpc) is 3.63. The van der Waals surface area contributed by atoms with E-state index in [1.807, 2.05) is 7.05 Å². The average molecular weight is 791 g/mol. The Bertz CT molecular complexity index is 1810. The second kappa shape index (κ2) is 18.1. The van der Waals surface area contributed by atoms with Crippen molar-refractivity contribution in [1.29, 1.82) is 0 Å². The van der Waals surface area contributed by atoms with E-state index in [4.69, 9.17) is 18.3 Å². The molecule has 1 unspecified atom stereocenters. The maximum Gasteiger partial charge on any atom is 0.646 e. The van der Waals surface area contributed by atoms with Crippen LogP contribution in [0.2, 0.25) is 0 Å². The third-order valence-electron chi connectivity index (χ3n) is 8.58. The molecule has 1 amide bonds. The highest BCUT2D eigenvalue weighted by Crippen LogP contribution is 2.57. The fraction of sp³-hybridized carbons (Fsp3) is 0.343. The smallest absolute Gasteiger partial charge is 0.393 e. The van der Waals surface area contributed by atoms with Crippen LogP contribution in [0.1, 0.15) is 30.6 Å². The van der Waals surface area contributed by atoms with E-state index < -0.39 is 60.3 Å². The number of nitro benzene ring substituents is 1. The van der Waals surface area contributed by atoms with Crippen LogP contribution < -0.4 is 19.7 Å². The Labute approximate surface area is 317 Å². The summed E-state index contributed by atoms with van der Waals surface area (Å²) < 4.78 is 36.4. The predicted octanol–water partition coefficient (Wildman–Crippen LogP) is 4.92. The van der Waals surface area contributed by atoms with Crippen LogP contribution in [0.4, 0.5) is 5.69 Å². The van der Waals surface area contributed by atoms with Crippen LogP contribution in [0.3, 0.4) is 0 Å². The number of nitro groups is 1. The molecule has 0 radical (unpaired) electrons. The molecule has 3 aromatic carbocycles. The Morgan fingerprint density at radius 2 is 1.58 bits per heavy atom. The normalized spacial score (nSPS) is 22.2. The number of aliphatic hydroxyl groups is 1. The van der Waals surface area contributed by atoms with Gasteiger partial charge in [-0.05, 0) is 56.8 Å². The minimum atomic E-state index is -4.64. The van der Waals surface area contributed by atoms with Gasteiger partial charge in [0.05, 0.1) is 28.6 Å². The highest BCUT2D eigenvalue weighted by molar-refractivity contribution is 7.81. The first kappa shape index (κ1) is 41.3. The number of amides is 1. The van der Waals surface area contributed by atoms with Crippen LogP contribution >= 0.6 is 32.9 Å². The molecule has 0 bridgehead atoms. The monoisotopic (exact) mass is 790 g/mol. The van der Waals surface area contributed by atoms with Crippen LogP contribution in [-0.2, 0) is 23.4 Å². The topological polar surface area (TPSA) is 196 Å². The largest absolute Gasteiger partial charge is 0.646 e. The molecular formula is C35H40ClN4O11PS. The third kappa shape index (κ3) is 9.76. The molecule has 0 aliphatic carbocycles. The Kier molecular flexibility index (Phi) is 14.1. The molecule has 3 aromatic rings. The molecule has 0 aromatic heterocycles. The maximum absolute atomic E-state index is 14.2. The van der Waals surface area contributed by atoms with E-state index in [1.54, 1.807) is 43.3 Å². The van der Waals surface area contributed by atoms with E-state index in [0.29, 0.717) is 11.3 Å². The van der Waals surface area contributed by atoms with Crippen molar-refractivity contribution >= 4 is 56.4 Å². The molecule has 15 nitrogen and oxygen atoms in total. The van der Waals surface area contributed by atoms with E-state index >= 15 is 0 Å². The number of halogens is 1. The molecule has 3 heterocycles. The lowest BCUT2D eigenvalue weighted by Gasteiger charge is -2.46. The third-order valence-corrected chi connectivity index (χ3v) is 10.3. The van der Waals surface area contributed by atoms with Gasteiger partial charge in [0, 0.05) is 42.4 Å². The second-order valence-electron chi connectivity index (χ2n) is 12.3. The molecule has 2 fully saturated rings. The zero-order valence-electron chi connectivity index (χ0n) is 28.9. The van der Waals surface area contributed by atoms with Crippen molar-refractivity contribution in [3.05, 3.63) is 112 Å². The van der Waals surface area contributed by atoms with Crippen molar-refractivity contribution in [2.75, 3.05) is 20.1 Å². The number of nitrogens with one attached hydrogen (secondary N) is 2. The van der Waals surface area contributed by atoms with Crippen LogP contribution in [-0.4, -0.2) is 76.4 Å². The summed E-state index contributed by atoms with van der Waals surface area (Å²) in [4.78, 5) is 50.6. The number of rotatable bonds is 12. The predicted molar refractivity (Wildman–Crippen MR) is 199 cm³/mol. The molecule has 2 saturated heterocycles. The second-order valence-corrected chi connectivity index (χ2v) is 14.5. The van der Waals surface area contributed by atoms with Crippen LogP contribution in [0, 0.1) is 22.0 Å². The van der Waals surface area contributed by atoms with Gasteiger partial charge in [-0.25, -0.2) is 9.59 Å². The van der Waals surface area contributed by atoms with Crippen molar-refractivity contribution in [2.45, 2.75) is 43.7 Å². The van der Waals surface area contributed by atoms with Gasteiger partial charge in [-0.3, -0.25) is 19.8 Å². The van der Waals surface area contributed by atoms with Gasteiger partial charge in [-0.15, -0.1) is 12.4 Å². The van der Waals surface area contributed by atoms with Gasteiger partial charge in [0.25, 0.3) is 5.69 Å².